The first kappa shape index (κ1) is 36.1. The summed E-state index contributed by atoms with van der Waals surface area (Å²) in [6.07, 6.45) is -35.1. The van der Waals surface area contributed by atoms with Crippen LogP contribution in [-0.4, -0.2) is 0 Å². The summed E-state index contributed by atoms with van der Waals surface area (Å²) < 4.78 is 253. The van der Waals surface area contributed by atoms with Crippen molar-refractivity contribution >= 4 is 11.4 Å². The molecule has 0 saturated heterocycles. The molecule has 46 heavy (non-hydrogen) atoms. The van der Waals surface area contributed by atoms with E-state index in [9.17, 15) is 79.0 Å². The van der Waals surface area contributed by atoms with Crippen molar-refractivity contribution in [3.05, 3.63) is 69.8 Å². The highest BCUT2D eigenvalue weighted by Crippen LogP contribution is 2.52. The number of nitrogens with two attached hydrogens (primary N) is 2. The molecule has 4 N–H and O–H groups in total. The van der Waals surface area contributed by atoms with Crippen LogP contribution < -0.4 is 20.9 Å². The van der Waals surface area contributed by atoms with E-state index in [1.54, 1.807) is 0 Å². The van der Waals surface area contributed by atoms with Gasteiger partial charge in [0.15, 0.2) is 0 Å². The molecule has 0 saturated carbocycles. The number of nitrogen functional groups attached to an aromatic ring is 2. The van der Waals surface area contributed by atoms with Crippen LogP contribution in [0.3, 0.4) is 0 Å². The maximum absolute atomic E-state index is 13.9. The number of anilines is 2. The van der Waals surface area contributed by atoms with Gasteiger partial charge in [-0.1, -0.05) is 0 Å². The van der Waals surface area contributed by atoms with E-state index < -0.39 is 129 Å². The number of benzene rings is 3. The van der Waals surface area contributed by atoms with Crippen molar-refractivity contribution in [2.45, 2.75) is 37.1 Å². The average molecular weight is 700 g/mol. The standard InChI is InChI=1S/C24H10F18N2O2/c25-19(26,27)7-1-11(43)17(23(37,38)39)13(3-7)45-9-5-10(21(31,32)33)16(22(34,35)36)15(6-9)46-14-4-8(20(28,29)30)2-12(44)18(14)24(40,41)42/h1-6H,43-44H2. The number of hydrogen-bond acceptors (Lipinski definition) is 4. The molecule has 0 heterocycles. The first-order valence-electron chi connectivity index (χ1n) is 11.3. The Morgan fingerprint density at radius 2 is 0.717 bits per heavy atom. The Morgan fingerprint density at radius 3 is 1.04 bits per heavy atom. The summed E-state index contributed by atoms with van der Waals surface area (Å²) in [6, 6.07) is -2.80. The summed E-state index contributed by atoms with van der Waals surface area (Å²) in [5, 5.41) is 0. The van der Waals surface area contributed by atoms with Gasteiger partial charge in [0, 0.05) is 17.4 Å². The maximum Gasteiger partial charge on any atom is 0.421 e. The van der Waals surface area contributed by atoms with Crippen LogP contribution in [0, 0.1) is 0 Å². The fraction of sp³-hybridized carbons (Fsp3) is 0.250. The summed E-state index contributed by atoms with van der Waals surface area (Å²) in [6.45, 7) is 0. The third-order valence-electron chi connectivity index (χ3n) is 5.60. The Hall–Kier alpha value is -4.40. The fourth-order valence-electron chi connectivity index (χ4n) is 3.86. The zero-order valence-electron chi connectivity index (χ0n) is 21.2. The molecule has 0 aliphatic carbocycles. The molecule has 0 aromatic heterocycles. The summed E-state index contributed by atoms with van der Waals surface area (Å²) in [5.74, 6) is -8.60. The van der Waals surface area contributed by atoms with E-state index in [1.165, 1.54) is 0 Å². The zero-order chi connectivity index (χ0) is 35.6. The Morgan fingerprint density at radius 1 is 0.370 bits per heavy atom. The SMILES string of the molecule is Nc1cc(C(F)(F)F)cc(Oc2cc(Oc3cc(C(F)(F)F)cc(N)c3C(F)(F)F)c(C(F)(F)F)c(C(F)(F)F)c2)c1C(F)(F)F. The first-order chi connectivity index (χ1) is 20.4. The summed E-state index contributed by atoms with van der Waals surface area (Å²) in [5.41, 5.74) is -8.29. The van der Waals surface area contributed by atoms with Crippen LogP contribution >= 0.6 is 0 Å². The number of halogens is 18. The van der Waals surface area contributed by atoms with Gasteiger partial charge in [0.05, 0.1) is 16.7 Å². The van der Waals surface area contributed by atoms with Crippen LogP contribution in [0.15, 0.2) is 36.4 Å². The van der Waals surface area contributed by atoms with Crippen molar-refractivity contribution in [2.24, 2.45) is 0 Å². The Labute approximate surface area is 242 Å². The van der Waals surface area contributed by atoms with Crippen molar-refractivity contribution in [1.82, 2.24) is 0 Å². The second kappa shape index (κ2) is 11.1. The van der Waals surface area contributed by atoms with E-state index in [4.69, 9.17) is 11.5 Å². The van der Waals surface area contributed by atoms with Crippen molar-refractivity contribution < 1.29 is 88.5 Å². The van der Waals surface area contributed by atoms with Crippen LogP contribution in [0.4, 0.5) is 90.4 Å². The van der Waals surface area contributed by atoms with E-state index in [2.05, 4.69) is 9.47 Å². The molecule has 0 radical (unpaired) electrons. The van der Waals surface area contributed by atoms with Gasteiger partial charge in [0.2, 0.25) is 0 Å². The molecular formula is C24H10F18N2O2. The lowest BCUT2D eigenvalue weighted by Crippen LogP contribution is -2.19. The van der Waals surface area contributed by atoms with Gasteiger partial charge in [-0.2, -0.15) is 79.0 Å². The van der Waals surface area contributed by atoms with Gasteiger partial charge in [-0.05, 0) is 30.3 Å². The zero-order valence-corrected chi connectivity index (χ0v) is 21.2. The lowest BCUT2D eigenvalue weighted by atomic mass is 10.0. The Bertz CT molecular complexity index is 1630. The highest BCUT2D eigenvalue weighted by Gasteiger charge is 2.48. The van der Waals surface area contributed by atoms with E-state index in [1.807, 2.05) is 0 Å². The molecule has 4 nitrogen and oxygen atoms in total. The van der Waals surface area contributed by atoms with E-state index in [0.29, 0.717) is 0 Å². The van der Waals surface area contributed by atoms with Crippen molar-refractivity contribution in [3.63, 3.8) is 0 Å². The van der Waals surface area contributed by atoms with E-state index in [0.717, 1.165) is 0 Å². The maximum atomic E-state index is 13.9. The number of ether oxygens (including phenoxy) is 2. The van der Waals surface area contributed by atoms with Crippen LogP contribution in [-0.2, 0) is 37.1 Å². The number of rotatable bonds is 4. The molecule has 0 aliphatic heterocycles. The van der Waals surface area contributed by atoms with Crippen molar-refractivity contribution in [1.29, 1.82) is 0 Å². The third kappa shape index (κ3) is 7.69. The molecule has 3 aromatic carbocycles. The molecule has 0 aliphatic rings. The lowest BCUT2D eigenvalue weighted by Gasteiger charge is -2.24. The average Bonchev–Trinajstić information content (AvgIpc) is 2.78. The molecule has 0 unspecified atom stereocenters. The molecule has 22 heteroatoms. The first-order valence-corrected chi connectivity index (χ1v) is 11.3. The predicted octanol–water partition coefficient (Wildman–Crippen LogP) is 10.5. The van der Waals surface area contributed by atoms with Crippen LogP contribution in [0.25, 0.3) is 0 Å². The minimum absolute atomic E-state index is 0.269. The molecule has 0 fully saturated rings. The van der Waals surface area contributed by atoms with Crippen LogP contribution in [0.1, 0.15) is 33.4 Å². The Balaban J connectivity index is 2.44. The van der Waals surface area contributed by atoms with E-state index in [-0.39, 0.29) is 12.1 Å². The molecule has 0 amide bonds. The second-order valence-electron chi connectivity index (χ2n) is 8.91. The second-order valence-corrected chi connectivity index (χ2v) is 8.91. The van der Waals surface area contributed by atoms with Crippen LogP contribution in [0.2, 0.25) is 0 Å². The summed E-state index contributed by atoms with van der Waals surface area (Å²) in [7, 11) is 0. The molecule has 3 rings (SSSR count). The topological polar surface area (TPSA) is 70.5 Å². The lowest BCUT2D eigenvalue weighted by molar-refractivity contribution is -0.163. The smallest absolute Gasteiger partial charge is 0.421 e. The fourth-order valence-corrected chi connectivity index (χ4v) is 3.86. The largest absolute Gasteiger partial charge is 0.456 e. The van der Waals surface area contributed by atoms with Gasteiger partial charge < -0.3 is 20.9 Å². The quantitative estimate of drug-likeness (QED) is 0.210. The molecule has 3 aromatic rings. The molecule has 254 valence electrons. The highest BCUT2D eigenvalue weighted by atomic mass is 19.4. The van der Waals surface area contributed by atoms with Gasteiger partial charge in [-0.3, -0.25) is 0 Å². The molecular weight excluding hydrogens is 690 g/mol. The Kier molecular flexibility index (Phi) is 8.74. The van der Waals surface area contributed by atoms with Crippen molar-refractivity contribution in [2.75, 3.05) is 11.5 Å². The van der Waals surface area contributed by atoms with E-state index >= 15 is 0 Å². The third-order valence-corrected chi connectivity index (χ3v) is 5.60. The molecule has 0 spiro atoms. The molecule has 0 bridgehead atoms. The van der Waals surface area contributed by atoms with Gasteiger partial charge in [0.1, 0.15) is 39.7 Å². The van der Waals surface area contributed by atoms with Crippen LogP contribution in [0.5, 0.6) is 23.0 Å². The van der Waals surface area contributed by atoms with Gasteiger partial charge in [-0.15, -0.1) is 0 Å². The monoisotopic (exact) mass is 700 g/mol. The number of alkyl halides is 18. The predicted molar refractivity (Wildman–Crippen MR) is 118 cm³/mol. The minimum Gasteiger partial charge on any atom is -0.456 e. The van der Waals surface area contributed by atoms with Gasteiger partial charge >= 0.3 is 37.1 Å². The normalized spacial score (nSPS) is 13.6. The molecule has 0 atom stereocenters. The summed E-state index contributed by atoms with van der Waals surface area (Å²) in [4.78, 5) is 0. The van der Waals surface area contributed by atoms with Gasteiger partial charge in [0.25, 0.3) is 0 Å². The summed E-state index contributed by atoms with van der Waals surface area (Å²) >= 11 is 0. The number of hydrogen-bond donors (Lipinski definition) is 2. The van der Waals surface area contributed by atoms with Crippen molar-refractivity contribution in [3.8, 4) is 23.0 Å². The van der Waals surface area contributed by atoms with Gasteiger partial charge in [-0.25, -0.2) is 0 Å². The minimum atomic E-state index is -6.26. The highest BCUT2D eigenvalue weighted by molar-refractivity contribution is 5.62.